The third-order valence-corrected chi connectivity index (χ3v) is 2.42. The smallest absolute Gasteiger partial charge is 0.305 e. The molecule has 0 aromatic carbocycles. The number of rotatable bonds is 8. The molecule has 6 heteroatoms. The van der Waals surface area contributed by atoms with E-state index in [9.17, 15) is 9.59 Å². The van der Waals surface area contributed by atoms with Gasteiger partial charge in [-0.15, -0.1) is 0 Å². The van der Waals surface area contributed by atoms with Gasteiger partial charge in [0.05, 0.1) is 14.2 Å². The lowest BCUT2D eigenvalue weighted by Crippen LogP contribution is -2.23. The largest absolute Gasteiger partial charge is 0.469 e. The molecule has 0 aliphatic rings. The van der Waals surface area contributed by atoms with Gasteiger partial charge in [-0.2, -0.15) is 0 Å². The molecule has 0 bridgehead atoms. The number of methoxy groups -OCH3 is 4. The molecular formula is C11H20O6. The predicted octanol–water partition coefficient (Wildman–Crippen LogP) is 0.738. The van der Waals surface area contributed by atoms with Crippen LogP contribution in [0.5, 0.6) is 0 Å². The van der Waals surface area contributed by atoms with Crippen LogP contribution >= 0.6 is 0 Å². The molecule has 0 amide bonds. The highest BCUT2D eigenvalue weighted by atomic mass is 16.7. The lowest BCUT2D eigenvalue weighted by molar-refractivity contribution is -0.148. The zero-order valence-corrected chi connectivity index (χ0v) is 10.7. The van der Waals surface area contributed by atoms with E-state index in [-0.39, 0.29) is 30.7 Å². The first-order valence-electron chi connectivity index (χ1n) is 5.26. The van der Waals surface area contributed by atoms with E-state index in [4.69, 9.17) is 9.47 Å². The van der Waals surface area contributed by atoms with Crippen LogP contribution in [0, 0.1) is 5.92 Å². The van der Waals surface area contributed by atoms with Gasteiger partial charge < -0.3 is 18.9 Å². The average Bonchev–Trinajstić information content (AvgIpc) is 2.34. The first-order valence-corrected chi connectivity index (χ1v) is 5.26. The molecule has 0 spiro atoms. The van der Waals surface area contributed by atoms with Crippen molar-refractivity contribution in [3.05, 3.63) is 0 Å². The van der Waals surface area contributed by atoms with E-state index in [1.165, 1.54) is 28.4 Å². The molecule has 0 saturated heterocycles. The Kier molecular flexibility index (Phi) is 8.35. The summed E-state index contributed by atoms with van der Waals surface area (Å²) >= 11 is 0. The van der Waals surface area contributed by atoms with E-state index in [2.05, 4.69) is 9.47 Å². The molecule has 0 heterocycles. The Bertz CT molecular complexity index is 218. The van der Waals surface area contributed by atoms with Crippen molar-refractivity contribution in [3.8, 4) is 0 Å². The van der Waals surface area contributed by atoms with Gasteiger partial charge in [-0.1, -0.05) is 0 Å². The fraction of sp³-hybridized carbons (Fsp3) is 0.818. The molecule has 0 aliphatic carbocycles. The fourth-order valence-corrected chi connectivity index (χ4v) is 1.44. The molecule has 0 aromatic heterocycles. The molecule has 6 nitrogen and oxygen atoms in total. The molecule has 17 heavy (non-hydrogen) atoms. The van der Waals surface area contributed by atoms with Gasteiger partial charge in [0, 0.05) is 33.5 Å². The van der Waals surface area contributed by atoms with E-state index in [0.29, 0.717) is 6.42 Å². The molecule has 0 aromatic rings. The van der Waals surface area contributed by atoms with Crippen LogP contribution < -0.4 is 0 Å². The minimum Gasteiger partial charge on any atom is -0.469 e. The van der Waals surface area contributed by atoms with Gasteiger partial charge in [-0.25, -0.2) is 0 Å². The van der Waals surface area contributed by atoms with Crippen LogP contribution in [0.25, 0.3) is 0 Å². The van der Waals surface area contributed by atoms with Crippen molar-refractivity contribution < 1.29 is 28.5 Å². The van der Waals surface area contributed by atoms with E-state index in [0.717, 1.165) is 0 Å². The summed E-state index contributed by atoms with van der Waals surface area (Å²) in [6.07, 6.45) is 0.246. The SMILES string of the molecule is COC(=O)CC(CC(=O)OC)CC(OC)OC. The molecule has 0 unspecified atom stereocenters. The standard InChI is InChI=1S/C11H20O6/c1-14-9(12)5-8(6-10(13)15-2)7-11(16-3)17-4/h8,11H,5-7H2,1-4H3. The minimum absolute atomic E-state index is 0.134. The van der Waals surface area contributed by atoms with Crippen LogP contribution in [0.1, 0.15) is 19.3 Å². The summed E-state index contributed by atoms with van der Waals surface area (Å²) in [6, 6.07) is 0. The van der Waals surface area contributed by atoms with Crippen molar-refractivity contribution in [1.82, 2.24) is 0 Å². The molecule has 0 saturated carbocycles. The number of carbonyl (C=O) groups is 2. The van der Waals surface area contributed by atoms with Crippen LogP contribution in [0.2, 0.25) is 0 Å². The normalized spacial score (nSPS) is 10.7. The molecule has 0 aliphatic heterocycles. The van der Waals surface area contributed by atoms with Crippen molar-refractivity contribution >= 4 is 11.9 Å². The van der Waals surface area contributed by atoms with Crippen molar-refractivity contribution in [3.63, 3.8) is 0 Å². The lowest BCUT2D eigenvalue weighted by Gasteiger charge is -2.20. The summed E-state index contributed by atoms with van der Waals surface area (Å²) in [5.74, 6) is -0.963. The van der Waals surface area contributed by atoms with Crippen molar-refractivity contribution in [2.45, 2.75) is 25.6 Å². The molecule has 0 radical (unpaired) electrons. The maximum atomic E-state index is 11.2. The predicted molar refractivity (Wildman–Crippen MR) is 59.2 cm³/mol. The Morgan fingerprint density at radius 2 is 1.29 bits per heavy atom. The Morgan fingerprint density at radius 3 is 1.59 bits per heavy atom. The lowest BCUT2D eigenvalue weighted by atomic mass is 9.97. The summed E-state index contributed by atoms with van der Waals surface area (Å²) < 4.78 is 19.2. The van der Waals surface area contributed by atoms with Gasteiger partial charge in [0.15, 0.2) is 6.29 Å². The van der Waals surface area contributed by atoms with E-state index in [1.807, 2.05) is 0 Å². The van der Waals surface area contributed by atoms with Crippen LogP contribution in [-0.2, 0) is 28.5 Å². The molecule has 0 atom stereocenters. The van der Waals surface area contributed by atoms with Gasteiger partial charge in [0.1, 0.15) is 0 Å². The molecule has 100 valence electrons. The highest BCUT2D eigenvalue weighted by Gasteiger charge is 2.22. The summed E-state index contributed by atoms with van der Waals surface area (Å²) in [5.41, 5.74) is 0. The van der Waals surface area contributed by atoms with Gasteiger partial charge >= 0.3 is 11.9 Å². The van der Waals surface area contributed by atoms with E-state index < -0.39 is 6.29 Å². The summed E-state index contributed by atoms with van der Waals surface area (Å²) in [7, 11) is 5.62. The average molecular weight is 248 g/mol. The molecule has 0 fully saturated rings. The second kappa shape index (κ2) is 8.95. The van der Waals surface area contributed by atoms with Gasteiger partial charge in [-0.3, -0.25) is 9.59 Å². The highest BCUT2D eigenvalue weighted by molar-refractivity contribution is 5.73. The maximum absolute atomic E-state index is 11.2. The summed E-state index contributed by atoms with van der Waals surface area (Å²) in [5, 5.41) is 0. The quantitative estimate of drug-likeness (QED) is 0.466. The second-order valence-corrected chi connectivity index (χ2v) is 3.56. The zero-order valence-electron chi connectivity index (χ0n) is 10.7. The highest BCUT2D eigenvalue weighted by Crippen LogP contribution is 2.19. The summed E-state index contributed by atoms with van der Waals surface area (Å²) in [4.78, 5) is 22.4. The third-order valence-electron chi connectivity index (χ3n) is 2.42. The van der Waals surface area contributed by atoms with Crippen LogP contribution in [-0.4, -0.2) is 46.7 Å². The molecule has 0 N–H and O–H groups in total. The van der Waals surface area contributed by atoms with Gasteiger partial charge in [0.2, 0.25) is 0 Å². The molecular weight excluding hydrogens is 228 g/mol. The van der Waals surface area contributed by atoms with Gasteiger partial charge in [-0.05, 0) is 5.92 Å². The van der Waals surface area contributed by atoms with Crippen molar-refractivity contribution in [1.29, 1.82) is 0 Å². The third kappa shape index (κ3) is 6.91. The minimum atomic E-state index is -0.450. The van der Waals surface area contributed by atoms with E-state index >= 15 is 0 Å². The monoisotopic (exact) mass is 248 g/mol. The van der Waals surface area contributed by atoms with Crippen LogP contribution in [0.3, 0.4) is 0 Å². The van der Waals surface area contributed by atoms with E-state index in [1.54, 1.807) is 0 Å². The number of carbonyl (C=O) groups excluding carboxylic acids is 2. The van der Waals surface area contributed by atoms with Crippen molar-refractivity contribution in [2.24, 2.45) is 5.92 Å². The Labute approximate surface area is 101 Å². The topological polar surface area (TPSA) is 71.1 Å². The summed E-state index contributed by atoms with van der Waals surface area (Å²) in [6.45, 7) is 0. The number of esters is 2. The second-order valence-electron chi connectivity index (χ2n) is 3.56. The fourth-order valence-electron chi connectivity index (χ4n) is 1.44. The first kappa shape index (κ1) is 15.9. The number of hydrogen-bond donors (Lipinski definition) is 0. The number of hydrogen-bond acceptors (Lipinski definition) is 6. The Morgan fingerprint density at radius 1 is 0.882 bits per heavy atom. The van der Waals surface area contributed by atoms with Crippen LogP contribution in [0.4, 0.5) is 0 Å². The Hall–Kier alpha value is -1.14. The molecule has 0 rings (SSSR count). The zero-order chi connectivity index (χ0) is 13.3. The van der Waals surface area contributed by atoms with Gasteiger partial charge in [0.25, 0.3) is 0 Å². The Balaban J connectivity index is 4.37. The van der Waals surface area contributed by atoms with Crippen molar-refractivity contribution in [2.75, 3.05) is 28.4 Å². The first-order chi connectivity index (χ1) is 8.07. The maximum Gasteiger partial charge on any atom is 0.305 e. The van der Waals surface area contributed by atoms with Crippen LogP contribution in [0.15, 0.2) is 0 Å². The number of ether oxygens (including phenoxy) is 4.